The van der Waals surface area contributed by atoms with E-state index in [1.807, 2.05) is 13.0 Å². The van der Waals surface area contributed by atoms with Crippen molar-refractivity contribution in [3.05, 3.63) is 47.6 Å². The zero-order valence-electron chi connectivity index (χ0n) is 22.8. The molecule has 206 valence electrons. The van der Waals surface area contributed by atoms with Gasteiger partial charge in [-0.2, -0.15) is 0 Å². The summed E-state index contributed by atoms with van der Waals surface area (Å²) in [7, 11) is 0. The number of ether oxygens (including phenoxy) is 2. The molecule has 0 saturated heterocycles. The van der Waals surface area contributed by atoms with Crippen LogP contribution in [0.25, 0.3) is 0 Å². The predicted molar refractivity (Wildman–Crippen MR) is 144 cm³/mol. The highest BCUT2D eigenvalue weighted by Gasteiger charge is 2.53. The third-order valence-electron chi connectivity index (χ3n) is 9.53. The maximum absolute atomic E-state index is 11.9. The molecule has 0 radical (unpaired) electrons. The molecule has 0 bridgehead atoms. The number of carbonyl (C=O) groups excluding carboxylic acids is 1. The standard InChI is InChI=1S/C31H46O6/c1-5-17-36-29(35)37-31(15-16-31)28(34)13-8-20(2)25-11-12-26-22(7-6-14-30(25,26)4)9-10-23-18-24(32)19-27(33)21(23)3/h8-10,13,20,24-28,32-34H,3,5-7,11-12,14-19H2,1-2,4H3/b13-8+,22-9+,23-10-/t20-,24-,25-,26+,27+,28-,30-/m1/s1. The van der Waals surface area contributed by atoms with Crippen LogP contribution in [0, 0.1) is 23.2 Å². The van der Waals surface area contributed by atoms with Crippen LogP contribution in [0.1, 0.15) is 85.0 Å². The highest BCUT2D eigenvalue weighted by atomic mass is 16.7. The number of allylic oxidation sites excluding steroid dienone is 4. The fourth-order valence-electron chi connectivity index (χ4n) is 7.16. The Bertz CT molecular complexity index is 943. The Hall–Kier alpha value is -1.89. The first kappa shape index (κ1) is 28.1. The average molecular weight is 515 g/mol. The van der Waals surface area contributed by atoms with E-state index in [4.69, 9.17) is 9.47 Å². The van der Waals surface area contributed by atoms with Crippen LogP contribution < -0.4 is 0 Å². The van der Waals surface area contributed by atoms with Crippen molar-refractivity contribution < 1.29 is 29.6 Å². The summed E-state index contributed by atoms with van der Waals surface area (Å²) in [5, 5.41) is 31.1. The van der Waals surface area contributed by atoms with Crippen molar-refractivity contribution in [1.29, 1.82) is 0 Å². The smallest absolute Gasteiger partial charge is 0.434 e. The average Bonchev–Trinajstić information content (AvgIpc) is 3.55. The van der Waals surface area contributed by atoms with E-state index in [0.717, 1.165) is 43.3 Å². The third-order valence-corrected chi connectivity index (χ3v) is 9.53. The van der Waals surface area contributed by atoms with Gasteiger partial charge in [-0.1, -0.05) is 57.2 Å². The van der Waals surface area contributed by atoms with E-state index in [0.29, 0.717) is 50.0 Å². The van der Waals surface area contributed by atoms with Gasteiger partial charge in [0.2, 0.25) is 0 Å². The molecule has 4 aliphatic carbocycles. The van der Waals surface area contributed by atoms with Crippen molar-refractivity contribution in [3.8, 4) is 0 Å². The van der Waals surface area contributed by atoms with Crippen molar-refractivity contribution in [2.45, 2.75) is 109 Å². The molecule has 0 aromatic carbocycles. The highest BCUT2D eigenvalue weighted by Crippen LogP contribution is 2.59. The van der Waals surface area contributed by atoms with Crippen LogP contribution >= 0.6 is 0 Å². The number of aliphatic hydroxyl groups excluding tert-OH is 3. The van der Waals surface area contributed by atoms with Gasteiger partial charge in [-0.05, 0) is 92.1 Å². The topological polar surface area (TPSA) is 96.2 Å². The fourth-order valence-corrected chi connectivity index (χ4v) is 7.16. The lowest BCUT2D eigenvalue weighted by Crippen LogP contribution is -2.36. The molecule has 0 heterocycles. The molecule has 4 aliphatic rings. The van der Waals surface area contributed by atoms with E-state index < -0.39 is 30.1 Å². The lowest BCUT2D eigenvalue weighted by Gasteiger charge is -2.44. The van der Waals surface area contributed by atoms with Gasteiger partial charge in [0.25, 0.3) is 0 Å². The molecule has 0 aliphatic heterocycles. The minimum atomic E-state index is -0.832. The maximum Gasteiger partial charge on any atom is 0.508 e. The summed E-state index contributed by atoms with van der Waals surface area (Å²) in [6.45, 7) is 11.0. The first-order chi connectivity index (χ1) is 17.6. The molecule has 37 heavy (non-hydrogen) atoms. The van der Waals surface area contributed by atoms with Gasteiger partial charge in [0, 0.05) is 6.42 Å². The van der Waals surface area contributed by atoms with E-state index in [9.17, 15) is 20.1 Å². The van der Waals surface area contributed by atoms with Crippen molar-refractivity contribution in [2.24, 2.45) is 23.2 Å². The Balaban J connectivity index is 1.41. The van der Waals surface area contributed by atoms with Crippen LogP contribution in [0.2, 0.25) is 0 Å². The number of fused-ring (bicyclic) bond motifs is 1. The van der Waals surface area contributed by atoms with Gasteiger partial charge in [-0.3, -0.25) is 0 Å². The van der Waals surface area contributed by atoms with Gasteiger partial charge >= 0.3 is 6.16 Å². The summed E-state index contributed by atoms with van der Waals surface area (Å²) < 4.78 is 10.5. The molecule has 0 aromatic heterocycles. The van der Waals surface area contributed by atoms with Crippen molar-refractivity contribution in [3.63, 3.8) is 0 Å². The zero-order valence-corrected chi connectivity index (χ0v) is 22.8. The van der Waals surface area contributed by atoms with Gasteiger partial charge in [-0.15, -0.1) is 0 Å². The van der Waals surface area contributed by atoms with Gasteiger partial charge in [0.15, 0.2) is 0 Å². The van der Waals surface area contributed by atoms with Gasteiger partial charge in [0.05, 0.1) is 18.8 Å². The Morgan fingerprint density at radius 1 is 1.19 bits per heavy atom. The molecule has 7 atom stereocenters. The Morgan fingerprint density at radius 3 is 2.65 bits per heavy atom. The summed E-state index contributed by atoms with van der Waals surface area (Å²) in [4.78, 5) is 11.9. The predicted octanol–water partition coefficient (Wildman–Crippen LogP) is 5.78. The molecule has 0 aromatic rings. The molecule has 4 saturated carbocycles. The van der Waals surface area contributed by atoms with Gasteiger partial charge in [0.1, 0.15) is 11.7 Å². The second-order valence-electron chi connectivity index (χ2n) is 12.1. The second kappa shape index (κ2) is 11.5. The summed E-state index contributed by atoms with van der Waals surface area (Å²) in [6, 6.07) is 0. The largest absolute Gasteiger partial charge is 0.508 e. The van der Waals surface area contributed by atoms with E-state index in [1.54, 1.807) is 0 Å². The molecule has 4 rings (SSSR count). The number of carbonyl (C=O) groups is 1. The molecular formula is C31H46O6. The maximum atomic E-state index is 11.9. The quantitative estimate of drug-likeness (QED) is 0.281. The first-order valence-corrected chi connectivity index (χ1v) is 14.3. The van der Waals surface area contributed by atoms with Crippen molar-refractivity contribution >= 4 is 6.16 Å². The minimum Gasteiger partial charge on any atom is -0.434 e. The summed E-state index contributed by atoms with van der Waals surface area (Å²) in [5.74, 6) is 1.33. The SMILES string of the molecule is C=C1/C(=C\C=C2/CCC[C@]3(C)[C@@H]([C@H](C)/C=C/[C@@H](O)C4(OC(=O)OCCC)CC4)CC[C@@H]23)C[C@@H](O)C[C@@H]1O. The van der Waals surface area contributed by atoms with Crippen LogP contribution in [0.5, 0.6) is 0 Å². The molecule has 4 fully saturated rings. The first-order valence-electron chi connectivity index (χ1n) is 14.3. The molecule has 3 N–H and O–H groups in total. The Morgan fingerprint density at radius 2 is 1.95 bits per heavy atom. The van der Waals surface area contributed by atoms with E-state index >= 15 is 0 Å². The normalized spacial score (nSPS) is 37.0. The van der Waals surface area contributed by atoms with Crippen LogP contribution in [-0.2, 0) is 9.47 Å². The summed E-state index contributed by atoms with van der Waals surface area (Å²) >= 11 is 0. The van der Waals surface area contributed by atoms with Crippen molar-refractivity contribution in [2.75, 3.05) is 6.61 Å². The molecule has 0 unspecified atom stereocenters. The third kappa shape index (κ3) is 6.07. The monoisotopic (exact) mass is 514 g/mol. The molecule has 6 heteroatoms. The van der Waals surface area contributed by atoms with Crippen LogP contribution in [0.3, 0.4) is 0 Å². The molecule has 0 amide bonds. The lowest BCUT2D eigenvalue weighted by molar-refractivity contribution is -0.0315. The molecular weight excluding hydrogens is 468 g/mol. The van der Waals surface area contributed by atoms with Crippen LogP contribution in [0.4, 0.5) is 4.79 Å². The molecule has 6 nitrogen and oxygen atoms in total. The Labute approximate surface area is 222 Å². The summed E-state index contributed by atoms with van der Waals surface area (Å²) in [6.07, 6.45) is 14.3. The van der Waals surface area contributed by atoms with E-state index in [2.05, 4.69) is 38.7 Å². The fraction of sp³-hybridized carbons (Fsp3) is 0.710. The second-order valence-corrected chi connectivity index (χ2v) is 12.1. The number of hydrogen-bond acceptors (Lipinski definition) is 6. The zero-order chi connectivity index (χ0) is 26.8. The minimum absolute atomic E-state index is 0.192. The van der Waals surface area contributed by atoms with Crippen molar-refractivity contribution in [1.82, 2.24) is 0 Å². The van der Waals surface area contributed by atoms with E-state index in [1.165, 1.54) is 12.0 Å². The van der Waals surface area contributed by atoms with Gasteiger partial charge in [-0.25, -0.2) is 4.79 Å². The number of hydrogen-bond donors (Lipinski definition) is 3. The van der Waals surface area contributed by atoms with E-state index in [-0.39, 0.29) is 5.41 Å². The lowest BCUT2D eigenvalue weighted by atomic mass is 9.61. The summed E-state index contributed by atoms with van der Waals surface area (Å²) in [5.41, 5.74) is 2.52. The number of aliphatic hydroxyl groups is 3. The van der Waals surface area contributed by atoms with Gasteiger partial charge < -0.3 is 24.8 Å². The van der Waals surface area contributed by atoms with Crippen LogP contribution in [-0.4, -0.2) is 52.0 Å². The van der Waals surface area contributed by atoms with Crippen LogP contribution in [0.15, 0.2) is 47.6 Å². The highest BCUT2D eigenvalue weighted by molar-refractivity contribution is 5.61. The number of rotatable bonds is 8. The molecule has 0 spiro atoms. The Kier molecular flexibility index (Phi) is 8.72.